The molecular formula is C14H19NO4S. The molecule has 1 unspecified atom stereocenters. The fraction of sp³-hybridized carbons (Fsp3) is 0.500. The van der Waals surface area contributed by atoms with Crippen molar-refractivity contribution in [1.29, 1.82) is 0 Å². The molecular weight excluding hydrogens is 278 g/mol. The van der Waals surface area contributed by atoms with Gasteiger partial charge in [0.2, 0.25) is 0 Å². The molecule has 1 aromatic carbocycles. The summed E-state index contributed by atoms with van der Waals surface area (Å²) in [4.78, 5) is 13.2. The number of sulfone groups is 1. The van der Waals surface area contributed by atoms with Crippen molar-refractivity contribution in [2.75, 3.05) is 12.8 Å². The third-order valence-electron chi connectivity index (χ3n) is 3.62. The maximum Gasteiger partial charge on any atom is 0.317 e. The number of rotatable bonds is 6. The Morgan fingerprint density at radius 2 is 1.90 bits per heavy atom. The van der Waals surface area contributed by atoms with E-state index in [0.717, 1.165) is 18.4 Å². The lowest BCUT2D eigenvalue weighted by molar-refractivity contribution is -0.139. The zero-order valence-electron chi connectivity index (χ0n) is 11.6. The first-order valence-corrected chi connectivity index (χ1v) is 8.45. The maximum absolute atomic E-state index is 11.4. The van der Waals surface area contributed by atoms with E-state index in [4.69, 9.17) is 5.11 Å². The minimum Gasteiger partial charge on any atom is -0.480 e. The molecule has 0 aliphatic heterocycles. The van der Waals surface area contributed by atoms with E-state index in [-0.39, 0.29) is 17.5 Å². The highest BCUT2D eigenvalue weighted by molar-refractivity contribution is 7.90. The van der Waals surface area contributed by atoms with Crippen LogP contribution in [-0.4, -0.2) is 43.2 Å². The molecule has 1 saturated carbocycles. The van der Waals surface area contributed by atoms with Crippen LogP contribution in [0.15, 0.2) is 29.2 Å². The van der Waals surface area contributed by atoms with E-state index in [2.05, 4.69) is 0 Å². The third-order valence-corrected chi connectivity index (χ3v) is 4.75. The van der Waals surface area contributed by atoms with E-state index in [1.54, 1.807) is 24.3 Å². The van der Waals surface area contributed by atoms with Crippen molar-refractivity contribution in [3.63, 3.8) is 0 Å². The van der Waals surface area contributed by atoms with Crippen molar-refractivity contribution in [2.24, 2.45) is 0 Å². The van der Waals surface area contributed by atoms with Gasteiger partial charge in [0.25, 0.3) is 0 Å². The summed E-state index contributed by atoms with van der Waals surface area (Å²) in [5.41, 5.74) is 0.936. The second-order valence-electron chi connectivity index (χ2n) is 5.31. The van der Waals surface area contributed by atoms with Gasteiger partial charge in [-0.25, -0.2) is 8.42 Å². The SMILES string of the molecule is CC(c1ccc(S(C)(=O)=O)cc1)N(CC(=O)O)C1CC1. The van der Waals surface area contributed by atoms with Gasteiger partial charge >= 0.3 is 5.97 Å². The molecule has 5 nitrogen and oxygen atoms in total. The molecule has 6 heteroatoms. The largest absolute Gasteiger partial charge is 0.480 e. The number of aliphatic carboxylic acids is 1. The van der Waals surface area contributed by atoms with E-state index in [1.807, 2.05) is 11.8 Å². The lowest BCUT2D eigenvalue weighted by Crippen LogP contribution is -2.34. The highest BCUT2D eigenvalue weighted by Crippen LogP contribution is 2.34. The number of hydrogen-bond acceptors (Lipinski definition) is 4. The first kappa shape index (κ1) is 15.0. The van der Waals surface area contributed by atoms with Crippen molar-refractivity contribution in [3.05, 3.63) is 29.8 Å². The maximum atomic E-state index is 11.4. The van der Waals surface area contributed by atoms with Crippen LogP contribution >= 0.6 is 0 Å². The molecule has 2 rings (SSSR count). The van der Waals surface area contributed by atoms with Gasteiger partial charge in [0.15, 0.2) is 9.84 Å². The first-order chi connectivity index (χ1) is 9.29. The van der Waals surface area contributed by atoms with Crippen molar-refractivity contribution < 1.29 is 18.3 Å². The number of carboxylic acid groups (broad SMARTS) is 1. The molecule has 0 radical (unpaired) electrons. The molecule has 20 heavy (non-hydrogen) atoms. The predicted molar refractivity (Wildman–Crippen MR) is 75.3 cm³/mol. The Bertz CT molecular complexity index is 590. The number of hydrogen-bond donors (Lipinski definition) is 1. The lowest BCUT2D eigenvalue weighted by atomic mass is 10.1. The second-order valence-corrected chi connectivity index (χ2v) is 7.33. The number of carboxylic acids is 1. The molecule has 0 saturated heterocycles. The van der Waals surface area contributed by atoms with E-state index >= 15 is 0 Å². The number of nitrogens with zero attached hydrogens (tertiary/aromatic N) is 1. The topological polar surface area (TPSA) is 74.7 Å². The highest BCUT2D eigenvalue weighted by Gasteiger charge is 2.33. The highest BCUT2D eigenvalue weighted by atomic mass is 32.2. The molecule has 1 aliphatic carbocycles. The summed E-state index contributed by atoms with van der Waals surface area (Å²) in [5, 5.41) is 8.99. The van der Waals surface area contributed by atoms with Gasteiger partial charge in [-0.3, -0.25) is 9.69 Å². The van der Waals surface area contributed by atoms with E-state index in [9.17, 15) is 13.2 Å². The molecule has 0 aromatic heterocycles. The lowest BCUT2D eigenvalue weighted by Gasteiger charge is -2.27. The Balaban J connectivity index is 2.18. The molecule has 0 amide bonds. The van der Waals surface area contributed by atoms with Crippen LogP contribution < -0.4 is 0 Å². The van der Waals surface area contributed by atoms with Crippen LogP contribution in [0.2, 0.25) is 0 Å². The monoisotopic (exact) mass is 297 g/mol. The van der Waals surface area contributed by atoms with E-state index in [0.29, 0.717) is 6.04 Å². The van der Waals surface area contributed by atoms with Crippen molar-refractivity contribution in [3.8, 4) is 0 Å². The van der Waals surface area contributed by atoms with Crippen LogP contribution in [-0.2, 0) is 14.6 Å². The summed E-state index contributed by atoms with van der Waals surface area (Å²) >= 11 is 0. The molecule has 0 spiro atoms. The summed E-state index contributed by atoms with van der Waals surface area (Å²) in [6.07, 6.45) is 3.23. The van der Waals surface area contributed by atoms with Crippen LogP contribution in [0.25, 0.3) is 0 Å². The number of benzene rings is 1. The fourth-order valence-corrected chi connectivity index (χ4v) is 2.96. The summed E-state index contributed by atoms with van der Waals surface area (Å²) in [7, 11) is -3.20. The quantitative estimate of drug-likeness (QED) is 0.865. The van der Waals surface area contributed by atoms with Gasteiger partial charge in [-0.2, -0.15) is 0 Å². The minimum atomic E-state index is -3.20. The van der Waals surface area contributed by atoms with Crippen molar-refractivity contribution in [1.82, 2.24) is 4.90 Å². The van der Waals surface area contributed by atoms with E-state index in [1.165, 1.54) is 6.26 Å². The average molecular weight is 297 g/mol. The normalized spacial score (nSPS) is 17.1. The fourth-order valence-electron chi connectivity index (χ4n) is 2.33. The Morgan fingerprint density at radius 3 is 2.30 bits per heavy atom. The van der Waals surface area contributed by atoms with Gasteiger partial charge in [-0.05, 0) is 37.5 Å². The molecule has 0 bridgehead atoms. The average Bonchev–Trinajstić information content (AvgIpc) is 3.18. The third kappa shape index (κ3) is 3.58. The van der Waals surface area contributed by atoms with Crippen LogP contribution in [0, 0.1) is 0 Å². The van der Waals surface area contributed by atoms with Crippen LogP contribution in [0.1, 0.15) is 31.4 Å². The summed E-state index contributed by atoms with van der Waals surface area (Å²) in [6, 6.07) is 6.97. The zero-order chi connectivity index (χ0) is 14.9. The van der Waals surface area contributed by atoms with Gasteiger partial charge in [0.1, 0.15) is 0 Å². The Hall–Kier alpha value is -1.40. The van der Waals surface area contributed by atoms with Gasteiger partial charge in [-0.15, -0.1) is 0 Å². The van der Waals surface area contributed by atoms with Crippen molar-refractivity contribution in [2.45, 2.75) is 36.7 Å². The Morgan fingerprint density at radius 1 is 1.35 bits per heavy atom. The van der Waals surface area contributed by atoms with Gasteiger partial charge < -0.3 is 5.11 Å². The van der Waals surface area contributed by atoms with E-state index < -0.39 is 15.8 Å². The Kier molecular flexibility index (Phi) is 4.15. The number of carbonyl (C=O) groups is 1. The molecule has 1 aliphatic rings. The molecule has 1 N–H and O–H groups in total. The zero-order valence-corrected chi connectivity index (χ0v) is 12.4. The molecule has 1 fully saturated rings. The van der Waals surface area contributed by atoms with Gasteiger partial charge in [-0.1, -0.05) is 12.1 Å². The standard InChI is InChI=1S/C14H19NO4S/c1-10(15(9-14(16)17)12-5-6-12)11-3-7-13(8-4-11)20(2,18)19/h3-4,7-8,10,12H,5-6,9H2,1-2H3,(H,16,17). The van der Waals surface area contributed by atoms with Gasteiger partial charge in [0, 0.05) is 18.3 Å². The Labute approximate surface area is 119 Å². The molecule has 1 atom stereocenters. The smallest absolute Gasteiger partial charge is 0.317 e. The van der Waals surface area contributed by atoms with Crippen molar-refractivity contribution >= 4 is 15.8 Å². The van der Waals surface area contributed by atoms with Gasteiger partial charge in [0.05, 0.1) is 11.4 Å². The summed E-state index contributed by atoms with van der Waals surface area (Å²) < 4.78 is 22.8. The van der Waals surface area contributed by atoms with Crippen LogP contribution in [0.3, 0.4) is 0 Å². The van der Waals surface area contributed by atoms with Crippen LogP contribution in [0.5, 0.6) is 0 Å². The molecule has 1 aromatic rings. The minimum absolute atomic E-state index is 0.0136. The second kappa shape index (κ2) is 5.54. The predicted octanol–water partition coefficient (Wildman–Crippen LogP) is 1.70. The summed E-state index contributed by atoms with van der Waals surface area (Å²) in [5.74, 6) is -0.837. The summed E-state index contributed by atoms with van der Waals surface area (Å²) in [6.45, 7) is 1.97. The molecule has 0 heterocycles. The molecule has 110 valence electrons. The first-order valence-electron chi connectivity index (χ1n) is 6.56. The van der Waals surface area contributed by atoms with Crippen LogP contribution in [0.4, 0.5) is 0 Å².